The van der Waals surface area contributed by atoms with Gasteiger partial charge in [0.15, 0.2) is 0 Å². The van der Waals surface area contributed by atoms with E-state index in [4.69, 9.17) is 15.3 Å². The minimum atomic E-state index is -1.71. The second-order valence-corrected chi connectivity index (χ2v) is 2.33. The molecule has 0 saturated carbocycles. The van der Waals surface area contributed by atoms with Crippen LogP contribution in [0, 0.1) is 0 Å². The van der Waals surface area contributed by atoms with Crippen molar-refractivity contribution in [2.24, 2.45) is 0 Å². The van der Waals surface area contributed by atoms with Gasteiger partial charge in [0.05, 0.1) is 6.61 Å². The first-order chi connectivity index (χ1) is 5.49. The topological polar surface area (TPSA) is 87.0 Å². The standard InChI is InChI=1S/C7H12O5/c1-4(2)6(10)12-7(11)5(9)3-8/h5,7-9,11H,1,3H2,2H3. The molecule has 0 rings (SSSR count). The SMILES string of the molecule is C=C(C)C(=O)OC(O)C(O)CO. The van der Waals surface area contributed by atoms with Gasteiger partial charge in [-0.3, -0.25) is 0 Å². The van der Waals surface area contributed by atoms with Gasteiger partial charge in [-0.1, -0.05) is 6.58 Å². The monoisotopic (exact) mass is 176 g/mol. The van der Waals surface area contributed by atoms with Gasteiger partial charge in [0.1, 0.15) is 6.10 Å². The van der Waals surface area contributed by atoms with Crippen LogP contribution in [0.5, 0.6) is 0 Å². The fourth-order valence-corrected chi connectivity index (χ4v) is 0.379. The zero-order chi connectivity index (χ0) is 9.72. The fourth-order valence-electron chi connectivity index (χ4n) is 0.379. The molecule has 0 aromatic rings. The van der Waals surface area contributed by atoms with Crippen LogP contribution in [0.15, 0.2) is 12.2 Å². The first kappa shape index (κ1) is 11.1. The fraction of sp³-hybridized carbons (Fsp3) is 0.571. The maximum absolute atomic E-state index is 10.7. The highest BCUT2D eigenvalue weighted by Gasteiger charge is 2.19. The third-order valence-electron chi connectivity index (χ3n) is 1.09. The van der Waals surface area contributed by atoms with E-state index in [1.807, 2.05) is 0 Å². The summed E-state index contributed by atoms with van der Waals surface area (Å²) in [5.74, 6) is -0.810. The van der Waals surface area contributed by atoms with Gasteiger partial charge in [0.25, 0.3) is 0 Å². The van der Waals surface area contributed by atoms with E-state index in [0.29, 0.717) is 0 Å². The Kier molecular flexibility index (Phi) is 4.50. The van der Waals surface area contributed by atoms with E-state index in [9.17, 15) is 4.79 Å². The number of carbonyl (C=O) groups is 1. The van der Waals surface area contributed by atoms with Crippen molar-refractivity contribution >= 4 is 5.97 Å². The third-order valence-corrected chi connectivity index (χ3v) is 1.09. The first-order valence-electron chi connectivity index (χ1n) is 3.32. The molecule has 0 heterocycles. The predicted octanol–water partition coefficient (Wildman–Crippen LogP) is -1.22. The summed E-state index contributed by atoms with van der Waals surface area (Å²) >= 11 is 0. The highest BCUT2D eigenvalue weighted by Crippen LogP contribution is 1.99. The lowest BCUT2D eigenvalue weighted by atomic mass is 10.3. The molecule has 0 spiro atoms. The van der Waals surface area contributed by atoms with Crippen LogP contribution < -0.4 is 0 Å². The summed E-state index contributed by atoms with van der Waals surface area (Å²) in [4.78, 5) is 10.7. The van der Waals surface area contributed by atoms with Gasteiger partial charge in [-0.2, -0.15) is 0 Å². The minimum absolute atomic E-state index is 0.110. The predicted molar refractivity (Wildman–Crippen MR) is 40.0 cm³/mol. The number of aliphatic hydroxyl groups is 3. The molecule has 0 radical (unpaired) electrons. The van der Waals surface area contributed by atoms with Crippen LogP contribution in [-0.4, -0.2) is 40.3 Å². The summed E-state index contributed by atoms with van der Waals surface area (Å²) in [5.41, 5.74) is 0.110. The highest BCUT2D eigenvalue weighted by molar-refractivity contribution is 5.87. The lowest BCUT2D eigenvalue weighted by Crippen LogP contribution is -2.33. The molecule has 0 aromatic carbocycles. The first-order valence-corrected chi connectivity index (χ1v) is 3.32. The number of aliphatic hydroxyl groups excluding tert-OH is 3. The molecule has 0 aliphatic rings. The van der Waals surface area contributed by atoms with Gasteiger partial charge < -0.3 is 20.1 Å². The number of carbonyl (C=O) groups excluding carboxylic acids is 1. The van der Waals surface area contributed by atoms with Crippen molar-refractivity contribution < 1.29 is 24.9 Å². The Bertz CT molecular complexity index is 177. The Labute approximate surface area is 69.9 Å². The van der Waals surface area contributed by atoms with Gasteiger partial charge in [-0.25, -0.2) is 4.79 Å². The summed E-state index contributed by atoms with van der Waals surface area (Å²) in [6.07, 6.45) is -3.19. The van der Waals surface area contributed by atoms with Crippen molar-refractivity contribution in [3.05, 3.63) is 12.2 Å². The number of rotatable bonds is 4. The Morgan fingerprint density at radius 2 is 2.08 bits per heavy atom. The molecule has 70 valence electrons. The third kappa shape index (κ3) is 3.47. The lowest BCUT2D eigenvalue weighted by Gasteiger charge is -2.15. The van der Waals surface area contributed by atoms with Crippen molar-refractivity contribution in [2.75, 3.05) is 6.61 Å². The van der Waals surface area contributed by atoms with E-state index < -0.39 is 25.0 Å². The number of esters is 1. The molecular weight excluding hydrogens is 164 g/mol. The quantitative estimate of drug-likeness (QED) is 0.284. The van der Waals surface area contributed by atoms with Gasteiger partial charge in [0, 0.05) is 5.57 Å². The molecule has 0 saturated heterocycles. The van der Waals surface area contributed by atoms with Crippen molar-refractivity contribution in [2.45, 2.75) is 19.3 Å². The average molecular weight is 176 g/mol. The Balaban J connectivity index is 3.92. The Morgan fingerprint density at radius 1 is 1.58 bits per heavy atom. The zero-order valence-electron chi connectivity index (χ0n) is 6.73. The molecule has 5 heteroatoms. The van der Waals surface area contributed by atoms with E-state index in [-0.39, 0.29) is 5.57 Å². The van der Waals surface area contributed by atoms with Crippen molar-refractivity contribution in [3.8, 4) is 0 Å². The van der Waals surface area contributed by atoms with Crippen molar-refractivity contribution in [3.63, 3.8) is 0 Å². The molecule has 0 amide bonds. The van der Waals surface area contributed by atoms with Crippen LogP contribution in [-0.2, 0) is 9.53 Å². The summed E-state index contributed by atoms with van der Waals surface area (Å²) in [6.45, 7) is 3.99. The van der Waals surface area contributed by atoms with Gasteiger partial charge in [-0.05, 0) is 6.92 Å². The average Bonchev–Trinajstić information content (AvgIpc) is 2.02. The van der Waals surface area contributed by atoms with Crippen molar-refractivity contribution in [1.29, 1.82) is 0 Å². The van der Waals surface area contributed by atoms with Crippen LogP contribution in [0.3, 0.4) is 0 Å². The second-order valence-electron chi connectivity index (χ2n) is 2.33. The van der Waals surface area contributed by atoms with Gasteiger partial charge >= 0.3 is 5.97 Å². The summed E-state index contributed by atoms with van der Waals surface area (Å²) < 4.78 is 4.27. The minimum Gasteiger partial charge on any atom is -0.430 e. The molecule has 2 atom stereocenters. The van der Waals surface area contributed by atoms with E-state index in [0.717, 1.165) is 0 Å². The van der Waals surface area contributed by atoms with Crippen LogP contribution in [0.1, 0.15) is 6.92 Å². The van der Waals surface area contributed by atoms with E-state index in [2.05, 4.69) is 11.3 Å². The molecule has 0 aromatic heterocycles. The van der Waals surface area contributed by atoms with Gasteiger partial charge in [0.2, 0.25) is 6.29 Å². The normalized spacial score (nSPS) is 15.0. The molecule has 0 fully saturated rings. The highest BCUT2D eigenvalue weighted by atomic mass is 16.6. The van der Waals surface area contributed by atoms with E-state index >= 15 is 0 Å². The maximum Gasteiger partial charge on any atom is 0.335 e. The molecule has 0 bridgehead atoms. The molecule has 5 nitrogen and oxygen atoms in total. The van der Waals surface area contributed by atoms with Crippen LogP contribution in [0.2, 0.25) is 0 Å². The maximum atomic E-state index is 10.7. The number of ether oxygens (including phenoxy) is 1. The molecular formula is C7H12O5. The number of hydrogen-bond donors (Lipinski definition) is 3. The smallest absolute Gasteiger partial charge is 0.335 e. The summed E-state index contributed by atoms with van der Waals surface area (Å²) in [5, 5.41) is 25.9. The molecule has 2 unspecified atom stereocenters. The van der Waals surface area contributed by atoms with Crippen LogP contribution >= 0.6 is 0 Å². The largest absolute Gasteiger partial charge is 0.430 e. The Hall–Kier alpha value is -0.910. The van der Waals surface area contributed by atoms with Crippen molar-refractivity contribution in [1.82, 2.24) is 0 Å². The zero-order valence-corrected chi connectivity index (χ0v) is 6.73. The van der Waals surface area contributed by atoms with Gasteiger partial charge in [-0.15, -0.1) is 0 Å². The second kappa shape index (κ2) is 4.87. The summed E-state index contributed by atoms with van der Waals surface area (Å²) in [7, 11) is 0. The molecule has 0 aliphatic carbocycles. The molecule has 3 N–H and O–H groups in total. The van der Waals surface area contributed by atoms with Crippen LogP contribution in [0.4, 0.5) is 0 Å². The van der Waals surface area contributed by atoms with E-state index in [1.165, 1.54) is 6.92 Å². The Morgan fingerprint density at radius 3 is 2.42 bits per heavy atom. The van der Waals surface area contributed by atoms with E-state index in [1.54, 1.807) is 0 Å². The van der Waals surface area contributed by atoms with Crippen LogP contribution in [0.25, 0.3) is 0 Å². The number of hydrogen-bond acceptors (Lipinski definition) is 5. The molecule has 0 aliphatic heterocycles. The summed E-state index contributed by atoms with van der Waals surface area (Å²) in [6, 6.07) is 0. The molecule has 12 heavy (non-hydrogen) atoms. The lowest BCUT2D eigenvalue weighted by molar-refractivity contribution is -0.186.